The molecule has 1 unspecified atom stereocenters. The Morgan fingerprint density at radius 1 is 1.20 bits per heavy atom. The van der Waals surface area contributed by atoms with Gasteiger partial charge in [0.05, 0.1) is 24.1 Å². The van der Waals surface area contributed by atoms with Gasteiger partial charge in [-0.25, -0.2) is 0 Å². The van der Waals surface area contributed by atoms with Crippen molar-refractivity contribution >= 4 is 10.9 Å². The number of aromatic nitrogens is 1. The van der Waals surface area contributed by atoms with E-state index in [0.717, 1.165) is 29.4 Å². The van der Waals surface area contributed by atoms with Gasteiger partial charge < -0.3 is 9.73 Å². The first kappa shape index (κ1) is 12.9. The minimum atomic E-state index is 0.165. The lowest BCUT2D eigenvalue weighted by atomic mass is 9.99. The molecule has 3 rings (SSSR count). The van der Waals surface area contributed by atoms with Crippen LogP contribution in [0.25, 0.3) is 10.9 Å². The SMILES string of the molecule is CCCNC(c1ccoc1)c1ccc2ncccc2c1. The van der Waals surface area contributed by atoms with Gasteiger partial charge in [0, 0.05) is 17.1 Å². The minimum Gasteiger partial charge on any atom is -0.472 e. The molecule has 1 N–H and O–H groups in total. The number of rotatable bonds is 5. The molecule has 0 spiro atoms. The fourth-order valence-electron chi connectivity index (χ4n) is 2.43. The maximum atomic E-state index is 5.23. The van der Waals surface area contributed by atoms with Crippen LogP contribution in [0.1, 0.15) is 30.5 Å². The highest BCUT2D eigenvalue weighted by molar-refractivity contribution is 5.79. The van der Waals surface area contributed by atoms with E-state index in [9.17, 15) is 0 Å². The van der Waals surface area contributed by atoms with Crippen LogP contribution in [0.2, 0.25) is 0 Å². The molecule has 0 saturated carbocycles. The highest BCUT2D eigenvalue weighted by atomic mass is 16.3. The topological polar surface area (TPSA) is 38.1 Å². The lowest BCUT2D eigenvalue weighted by molar-refractivity contribution is 0.548. The molecule has 1 aromatic carbocycles. The Morgan fingerprint density at radius 3 is 2.95 bits per heavy atom. The standard InChI is InChI=1S/C17H18N2O/c1-2-8-19-17(15-7-10-20-12-15)14-5-6-16-13(11-14)4-3-9-18-16/h3-7,9-12,17,19H,2,8H2,1H3. The van der Waals surface area contributed by atoms with Crippen molar-refractivity contribution in [1.29, 1.82) is 0 Å². The first-order valence-corrected chi connectivity index (χ1v) is 6.98. The van der Waals surface area contributed by atoms with Crippen LogP contribution >= 0.6 is 0 Å². The van der Waals surface area contributed by atoms with Crippen LogP contribution < -0.4 is 5.32 Å². The van der Waals surface area contributed by atoms with Crippen molar-refractivity contribution in [2.24, 2.45) is 0 Å². The molecule has 3 nitrogen and oxygen atoms in total. The van der Waals surface area contributed by atoms with E-state index < -0.39 is 0 Å². The zero-order valence-electron chi connectivity index (χ0n) is 11.5. The van der Waals surface area contributed by atoms with Crippen LogP contribution in [0.3, 0.4) is 0 Å². The van der Waals surface area contributed by atoms with Crippen molar-refractivity contribution in [2.75, 3.05) is 6.54 Å². The number of furan rings is 1. The van der Waals surface area contributed by atoms with Crippen molar-refractivity contribution in [2.45, 2.75) is 19.4 Å². The van der Waals surface area contributed by atoms with E-state index in [1.807, 2.05) is 18.3 Å². The number of benzene rings is 1. The van der Waals surface area contributed by atoms with E-state index in [1.165, 1.54) is 5.56 Å². The van der Waals surface area contributed by atoms with Gasteiger partial charge in [0.2, 0.25) is 0 Å². The Labute approximate surface area is 118 Å². The quantitative estimate of drug-likeness (QED) is 0.760. The van der Waals surface area contributed by atoms with Crippen LogP contribution in [-0.4, -0.2) is 11.5 Å². The molecule has 20 heavy (non-hydrogen) atoms. The van der Waals surface area contributed by atoms with Crippen molar-refractivity contribution in [3.63, 3.8) is 0 Å². The van der Waals surface area contributed by atoms with E-state index in [2.05, 4.69) is 41.5 Å². The molecular weight excluding hydrogens is 248 g/mol. The summed E-state index contributed by atoms with van der Waals surface area (Å²) in [5, 5.41) is 4.74. The maximum Gasteiger partial charge on any atom is 0.0953 e. The molecule has 0 radical (unpaired) electrons. The van der Waals surface area contributed by atoms with Crippen molar-refractivity contribution in [3.05, 3.63) is 66.2 Å². The van der Waals surface area contributed by atoms with Gasteiger partial charge in [-0.3, -0.25) is 4.98 Å². The Kier molecular flexibility index (Phi) is 3.79. The van der Waals surface area contributed by atoms with Crippen molar-refractivity contribution < 1.29 is 4.42 Å². The lowest BCUT2D eigenvalue weighted by Gasteiger charge is -2.18. The predicted octanol–water partition coefficient (Wildman–Crippen LogP) is 3.92. The number of fused-ring (bicyclic) bond motifs is 1. The van der Waals surface area contributed by atoms with Crippen LogP contribution in [0.4, 0.5) is 0 Å². The number of hydrogen-bond acceptors (Lipinski definition) is 3. The van der Waals surface area contributed by atoms with Gasteiger partial charge in [0.15, 0.2) is 0 Å². The minimum absolute atomic E-state index is 0.165. The van der Waals surface area contributed by atoms with Crippen LogP contribution in [0, 0.1) is 0 Å². The van der Waals surface area contributed by atoms with E-state index in [-0.39, 0.29) is 6.04 Å². The molecule has 2 aromatic heterocycles. The molecule has 0 fully saturated rings. The molecule has 102 valence electrons. The third-order valence-corrected chi connectivity index (χ3v) is 3.44. The van der Waals surface area contributed by atoms with Gasteiger partial charge in [-0.15, -0.1) is 0 Å². The second-order valence-electron chi connectivity index (χ2n) is 4.90. The Morgan fingerprint density at radius 2 is 2.15 bits per heavy atom. The zero-order valence-corrected chi connectivity index (χ0v) is 11.5. The predicted molar refractivity (Wildman–Crippen MR) is 80.6 cm³/mol. The molecule has 0 amide bonds. The van der Waals surface area contributed by atoms with E-state index in [1.54, 1.807) is 12.5 Å². The van der Waals surface area contributed by atoms with Crippen LogP contribution in [0.15, 0.2) is 59.5 Å². The Hall–Kier alpha value is -2.13. The number of nitrogens with zero attached hydrogens (tertiary/aromatic N) is 1. The van der Waals surface area contributed by atoms with E-state index in [0.29, 0.717) is 0 Å². The molecular formula is C17H18N2O. The molecule has 3 heteroatoms. The summed E-state index contributed by atoms with van der Waals surface area (Å²) >= 11 is 0. The van der Waals surface area contributed by atoms with Gasteiger partial charge >= 0.3 is 0 Å². The van der Waals surface area contributed by atoms with Crippen LogP contribution in [0.5, 0.6) is 0 Å². The third kappa shape index (κ3) is 2.58. The highest BCUT2D eigenvalue weighted by Crippen LogP contribution is 2.25. The molecule has 0 aliphatic carbocycles. The molecule has 0 aliphatic heterocycles. The second kappa shape index (κ2) is 5.88. The number of pyridine rings is 1. The third-order valence-electron chi connectivity index (χ3n) is 3.44. The average molecular weight is 266 g/mol. The maximum absolute atomic E-state index is 5.23. The first-order valence-electron chi connectivity index (χ1n) is 6.98. The molecule has 0 aliphatic rings. The number of nitrogens with one attached hydrogen (secondary N) is 1. The molecule has 2 heterocycles. The monoisotopic (exact) mass is 266 g/mol. The zero-order chi connectivity index (χ0) is 13.8. The van der Waals surface area contributed by atoms with Crippen molar-refractivity contribution in [1.82, 2.24) is 10.3 Å². The average Bonchev–Trinajstić information content (AvgIpc) is 3.02. The number of hydrogen-bond donors (Lipinski definition) is 1. The Bertz CT molecular complexity index is 676. The summed E-state index contributed by atoms with van der Waals surface area (Å²) in [4.78, 5) is 4.37. The smallest absolute Gasteiger partial charge is 0.0953 e. The summed E-state index contributed by atoms with van der Waals surface area (Å²) in [7, 11) is 0. The highest BCUT2D eigenvalue weighted by Gasteiger charge is 2.14. The lowest BCUT2D eigenvalue weighted by Crippen LogP contribution is -2.22. The van der Waals surface area contributed by atoms with Gasteiger partial charge in [0.1, 0.15) is 0 Å². The summed E-state index contributed by atoms with van der Waals surface area (Å²) in [6.45, 7) is 3.14. The summed E-state index contributed by atoms with van der Waals surface area (Å²) in [6, 6.07) is 12.7. The van der Waals surface area contributed by atoms with E-state index >= 15 is 0 Å². The fourth-order valence-corrected chi connectivity index (χ4v) is 2.43. The summed E-state index contributed by atoms with van der Waals surface area (Å²) < 4.78 is 5.23. The normalized spacial score (nSPS) is 12.7. The summed E-state index contributed by atoms with van der Waals surface area (Å²) in [6.07, 6.45) is 6.45. The summed E-state index contributed by atoms with van der Waals surface area (Å²) in [5.74, 6) is 0. The second-order valence-corrected chi connectivity index (χ2v) is 4.90. The molecule has 0 bridgehead atoms. The van der Waals surface area contributed by atoms with Gasteiger partial charge in [-0.2, -0.15) is 0 Å². The van der Waals surface area contributed by atoms with Crippen molar-refractivity contribution in [3.8, 4) is 0 Å². The van der Waals surface area contributed by atoms with Gasteiger partial charge in [-0.05, 0) is 42.8 Å². The molecule has 0 saturated heterocycles. The molecule has 1 atom stereocenters. The summed E-state index contributed by atoms with van der Waals surface area (Å²) in [5.41, 5.74) is 3.42. The largest absolute Gasteiger partial charge is 0.472 e. The Balaban J connectivity index is 1.99. The van der Waals surface area contributed by atoms with Gasteiger partial charge in [-0.1, -0.05) is 19.1 Å². The van der Waals surface area contributed by atoms with Crippen LogP contribution in [-0.2, 0) is 0 Å². The molecule has 3 aromatic rings. The fraction of sp³-hybridized carbons (Fsp3) is 0.235. The van der Waals surface area contributed by atoms with E-state index in [4.69, 9.17) is 4.42 Å². The van der Waals surface area contributed by atoms with Gasteiger partial charge in [0.25, 0.3) is 0 Å². The first-order chi connectivity index (χ1) is 9.88.